The summed E-state index contributed by atoms with van der Waals surface area (Å²) in [5.74, 6) is 2.41. The van der Waals surface area contributed by atoms with Crippen LogP contribution in [0.15, 0.2) is 36.4 Å². The van der Waals surface area contributed by atoms with Gasteiger partial charge >= 0.3 is 0 Å². The fourth-order valence-electron chi connectivity index (χ4n) is 3.42. The Balaban J connectivity index is 0.00000320. The second-order valence-corrected chi connectivity index (χ2v) is 7.37. The van der Waals surface area contributed by atoms with Crippen LogP contribution in [0, 0.1) is 0 Å². The summed E-state index contributed by atoms with van der Waals surface area (Å²) in [5, 5.41) is 3.32. The summed E-state index contributed by atoms with van der Waals surface area (Å²) in [7, 11) is 5.22. The van der Waals surface area contributed by atoms with Gasteiger partial charge in [-0.05, 0) is 30.7 Å². The summed E-state index contributed by atoms with van der Waals surface area (Å²) >= 11 is 0. The van der Waals surface area contributed by atoms with Gasteiger partial charge < -0.3 is 24.8 Å². The molecule has 2 aromatic rings. The summed E-state index contributed by atoms with van der Waals surface area (Å²) in [6.07, 6.45) is 0.973. The first-order valence-corrected chi connectivity index (χ1v) is 10.1. The van der Waals surface area contributed by atoms with Crippen LogP contribution < -0.4 is 19.9 Å². The third-order valence-electron chi connectivity index (χ3n) is 5.08. The Kier molecular flexibility index (Phi) is 8.59. The third kappa shape index (κ3) is 5.48. The van der Waals surface area contributed by atoms with Crippen LogP contribution in [0.3, 0.4) is 0 Å². The molecule has 1 aliphatic heterocycles. The van der Waals surface area contributed by atoms with Gasteiger partial charge in [0.2, 0.25) is 0 Å². The number of aromatic nitrogens is 1. The molecule has 1 fully saturated rings. The molecule has 2 heterocycles. The normalized spacial score (nSPS) is 13.5. The Hall–Kier alpha value is -2.67. The predicted octanol–water partition coefficient (Wildman–Crippen LogP) is 3.36. The van der Waals surface area contributed by atoms with Gasteiger partial charge in [0.05, 0.1) is 12.7 Å². The molecule has 3 rings (SSSR count). The van der Waals surface area contributed by atoms with Crippen molar-refractivity contribution in [2.24, 2.45) is 0 Å². The quantitative estimate of drug-likeness (QED) is 0.722. The zero-order chi connectivity index (χ0) is 20.8. The first-order valence-electron chi connectivity index (χ1n) is 10.1. The molecule has 1 amide bonds. The first-order chi connectivity index (χ1) is 14.0. The molecule has 0 atom stereocenters. The minimum atomic E-state index is -0.0366. The minimum absolute atomic E-state index is 0. The van der Waals surface area contributed by atoms with E-state index in [4.69, 9.17) is 9.72 Å². The molecule has 1 N–H and O–H groups in total. The molecule has 164 valence electrons. The van der Waals surface area contributed by atoms with Gasteiger partial charge in [-0.15, -0.1) is 12.4 Å². The van der Waals surface area contributed by atoms with Crippen molar-refractivity contribution in [1.82, 2.24) is 9.88 Å². The highest BCUT2D eigenvalue weighted by molar-refractivity contribution is 5.98. The molecule has 1 aromatic carbocycles. The maximum Gasteiger partial charge on any atom is 0.257 e. The van der Waals surface area contributed by atoms with Gasteiger partial charge in [-0.1, -0.05) is 13.0 Å². The van der Waals surface area contributed by atoms with Gasteiger partial charge in [0.25, 0.3) is 5.91 Å². The lowest BCUT2D eigenvalue weighted by molar-refractivity contribution is 0.0828. The minimum Gasteiger partial charge on any atom is -0.497 e. The molecule has 0 bridgehead atoms. The number of halogens is 1. The molecule has 0 radical (unpaired) electrons. The van der Waals surface area contributed by atoms with E-state index >= 15 is 0 Å². The number of methoxy groups -OCH3 is 1. The molecule has 1 aromatic heterocycles. The number of pyridine rings is 1. The number of carbonyl (C=O) groups excluding carboxylic acids is 1. The van der Waals surface area contributed by atoms with Crippen molar-refractivity contribution >= 4 is 35.6 Å². The van der Waals surface area contributed by atoms with E-state index in [9.17, 15) is 4.79 Å². The number of carbonyl (C=O) groups is 1. The van der Waals surface area contributed by atoms with Crippen molar-refractivity contribution in [2.75, 3.05) is 69.0 Å². The first kappa shape index (κ1) is 23.6. The molecule has 0 unspecified atom stereocenters. The maximum atomic E-state index is 12.5. The Labute approximate surface area is 185 Å². The number of nitrogens with zero attached hydrogens (tertiary/aromatic N) is 4. The number of benzene rings is 1. The largest absolute Gasteiger partial charge is 0.497 e. The molecular formula is C22H32ClN5O2. The zero-order valence-corrected chi connectivity index (χ0v) is 19.0. The number of nitrogens with one attached hydrogen (secondary N) is 1. The standard InChI is InChI=1S/C22H31N5O2.ClH/c1-5-11-23-21-19(22(28)25(2)3)9-10-20(24-21)27-14-12-26(13-15-27)17-7-6-8-18(16-17)29-4;/h6-10,16H,5,11-15H2,1-4H3,(H,23,24);1H. The molecule has 30 heavy (non-hydrogen) atoms. The number of anilines is 3. The van der Waals surface area contributed by atoms with E-state index in [1.54, 1.807) is 26.1 Å². The molecule has 1 aliphatic rings. The molecule has 1 saturated heterocycles. The zero-order valence-electron chi connectivity index (χ0n) is 18.2. The van der Waals surface area contributed by atoms with Crippen LogP contribution in [0.2, 0.25) is 0 Å². The van der Waals surface area contributed by atoms with Crippen LogP contribution in [0.25, 0.3) is 0 Å². The highest BCUT2D eigenvalue weighted by Crippen LogP contribution is 2.25. The van der Waals surface area contributed by atoms with Gasteiger partial charge in [0, 0.05) is 58.6 Å². The molecule has 0 saturated carbocycles. The maximum absolute atomic E-state index is 12.5. The Morgan fingerprint density at radius 1 is 1.13 bits per heavy atom. The molecule has 0 aliphatic carbocycles. The fourth-order valence-corrected chi connectivity index (χ4v) is 3.42. The van der Waals surface area contributed by atoms with Gasteiger partial charge in [0.1, 0.15) is 17.4 Å². The van der Waals surface area contributed by atoms with Crippen molar-refractivity contribution in [3.8, 4) is 5.75 Å². The molecular weight excluding hydrogens is 402 g/mol. The van der Waals surface area contributed by atoms with E-state index in [0.717, 1.165) is 50.7 Å². The van der Waals surface area contributed by atoms with E-state index in [0.29, 0.717) is 11.4 Å². The highest BCUT2D eigenvalue weighted by atomic mass is 35.5. The number of hydrogen-bond acceptors (Lipinski definition) is 6. The Morgan fingerprint density at radius 3 is 2.47 bits per heavy atom. The second-order valence-electron chi connectivity index (χ2n) is 7.37. The highest BCUT2D eigenvalue weighted by Gasteiger charge is 2.21. The number of amides is 1. The molecule has 7 nitrogen and oxygen atoms in total. The van der Waals surface area contributed by atoms with E-state index in [-0.39, 0.29) is 18.3 Å². The van der Waals surface area contributed by atoms with Gasteiger partial charge in [0.15, 0.2) is 0 Å². The number of piperazine rings is 1. The van der Waals surface area contributed by atoms with Crippen LogP contribution in [0.5, 0.6) is 5.75 Å². The molecule has 8 heteroatoms. The lowest BCUT2D eigenvalue weighted by Gasteiger charge is -2.37. The van der Waals surface area contributed by atoms with E-state index in [2.05, 4.69) is 34.2 Å². The number of rotatable bonds is 7. The molecule has 0 spiro atoms. The second kappa shape index (κ2) is 10.9. The average Bonchev–Trinajstić information content (AvgIpc) is 2.77. The fraction of sp³-hybridized carbons (Fsp3) is 0.455. The van der Waals surface area contributed by atoms with E-state index in [1.807, 2.05) is 24.3 Å². The Morgan fingerprint density at radius 2 is 1.83 bits per heavy atom. The number of ether oxygens (including phenoxy) is 1. The summed E-state index contributed by atoms with van der Waals surface area (Å²) in [5.41, 5.74) is 1.79. The van der Waals surface area contributed by atoms with Crippen LogP contribution >= 0.6 is 12.4 Å². The summed E-state index contributed by atoms with van der Waals surface area (Å²) in [6.45, 7) is 6.45. The monoisotopic (exact) mass is 433 g/mol. The van der Waals surface area contributed by atoms with E-state index < -0.39 is 0 Å². The van der Waals surface area contributed by atoms with Crippen molar-refractivity contribution < 1.29 is 9.53 Å². The predicted molar refractivity (Wildman–Crippen MR) is 126 cm³/mol. The van der Waals surface area contributed by atoms with Gasteiger partial charge in [-0.3, -0.25) is 4.79 Å². The summed E-state index contributed by atoms with van der Waals surface area (Å²) < 4.78 is 5.34. The van der Waals surface area contributed by atoms with Crippen molar-refractivity contribution in [3.05, 3.63) is 42.0 Å². The number of hydrogen-bond donors (Lipinski definition) is 1. The van der Waals surface area contributed by atoms with Gasteiger partial charge in [-0.2, -0.15) is 0 Å². The lowest BCUT2D eigenvalue weighted by atomic mass is 10.2. The topological polar surface area (TPSA) is 60.9 Å². The lowest BCUT2D eigenvalue weighted by Crippen LogP contribution is -2.46. The van der Waals surface area contributed by atoms with Crippen molar-refractivity contribution in [2.45, 2.75) is 13.3 Å². The van der Waals surface area contributed by atoms with Crippen molar-refractivity contribution in [1.29, 1.82) is 0 Å². The SMILES string of the molecule is CCCNc1nc(N2CCN(c3cccc(OC)c3)CC2)ccc1C(=O)N(C)C.Cl. The van der Waals surface area contributed by atoms with E-state index in [1.165, 1.54) is 5.69 Å². The summed E-state index contributed by atoms with van der Waals surface area (Å²) in [4.78, 5) is 23.5. The smallest absolute Gasteiger partial charge is 0.257 e. The van der Waals surface area contributed by atoms with Crippen LogP contribution in [0.1, 0.15) is 23.7 Å². The average molecular weight is 434 g/mol. The van der Waals surface area contributed by atoms with Crippen LogP contribution in [-0.4, -0.2) is 69.7 Å². The third-order valence-corrected chi connectivity index (χ3v) is 5.08. The summed E-state index contributed by atoms with van der Waals surface area (Å²) in [6, 6.07) is 12.0. The van der Waals surface area contributed by atoms with Crippen molar-refractivity contribution in [3.63, 3.8) is 0 Å². The van der Waals surface area contributed by atoms with Crippen LogP contribution in [-0.2, 0) is 0 Å². The van der Waals surface area contributed by atoms with Crippen LogP contribution in [0.4, 0.5) is 17.3 Å². The van der Waals surface area contributed by atoms with Gasteiger partial charge in [-0.25, -0.2) is 4.98 Å². The Bertz CT molecular complexity index is 838.